The third kappa shape index (κ3) is 6.49. The highest BCUT2D eigenvalue weighted by Crippen LogP contribution is 2.28. The molecule has 1 aromatic heterocycles. The second-order valence-corrected chi connectivity index (χ2v) is 7.91. The summed E-state index contributed by atoms with van der Waals surface area (Å²) in [5, 5.41) is 3.48. The molecule has 3 rings (SSSR count). The molecule has 7 heteroatoms. The molecule has 0 unspecified atom stereocenters. The van der Waals surface area contributed by atoms with Gasteiger partial charge in [0.15, 0.2) is 0 Å². The molecule has 0 saturated carbocycles. The summed E-state index contributed by atoms with van der Waals surface area (Å²) < 4.78 is 16.2. The van der Waals surface area contributed by atoms with Crippen molar-refractivity contribution in [3.05, 3.63) is 46.9 Å². The van der Waals surface area contributed by atoms with Gasteiger partial charge >= 0.3 is 0 Å². The van der Waals surface area contributed by atoms with Crippen LogP contribution >= 0.6 is 11.6 Å². The van der Waals surface area contributed by atoms with Crippen molar-refractivity contribution in [3.63, 3.8) is 0 Å². The predicted octanol–water partition coefficient (Wildman–Crippen LogP) is 4.72. The lowest BCUT2D eigenvalue weighted by Crippen LogP contribution is -2.35. The van der Waals surface area contributed by atoms with Crippen LogP contribution in [0.4, 0.5) is 5.69 Å². The Labute approximate surface area is 177 Å². The molecule has 29 heavy (non-hydrogen) atoms. The Hall–Kier alpha value is -2.02. The van der Waals surface area contributed by atoms with Gasteiger partial charge in [0, 0.05) is 25.1 Å². The van der Waals surface area contributed by atoms with Gasteiger partial charge in [-0.3, -0.25) is 9.69 Å². The maximum Gasteiger partial charge on any atom is 0.224 e. The lowest BCUT2D eigenvalue weighted by atomic mass is 9.93. The zero-order chi connectivity index (χ0) is 20.6. The standard InChI is InChI=1S/C22H29ClN2O4/c1-27-15-19-8-7-18(29-19)14-25-11-3-4-16(13-25)5-10-22(26)24-20-12-17(23)6-9-21(20)28-2/h6-9,12,16H,3-5,10-11,13-15H2,1-2H3,(H,24,26)/t16-/m1/s1. The van der Waals surface area contributed by atoms with E-state index in [2.05, 4.69) is 10.2 Å². The van der Waals surface area contributed by atoms with E-state index in [-0.39, 0.29) is 5.91 Å². The van der Waals surface area contributed by atoms with Crippen molar-refractivity contribution < 1.29 is 18.7 Å². The molecule has 1 atom stereocenters. The van der Waals surface area contributed by atoms with Crippen molar-refractivity contribution in [2.75, 3.05) is 32.6 Å². The SMILES string of the molecule is COCc1ccc(CN2CCC[C@H](CCC(=O)Nc3cc(Cl)ccc3OC)C2)o1. The molecule has 1 fully saturated rings. The molecule has 1 aliphatic heterocycles. The molecular formula is C22H29ClN2O4. The van der Waals surface area contributed by atoms with Gasteiger partial charge in [0.05, 0.1) is 19.3 Å². The second-order valence-electron chi connectivity index (χ2n) is 7.48. The first-order chi connectivity index (χ1) is 14.1. The number of rotatable bonds is 9. The quantitative estimate of drug-likeness (QED) is 0.636. The van der Waals surface area contributed by atoms with E-state index in [1.165, 1.54) is 0 Å². The molecule has 158 valence electrons. The molecule has 0 radical (unpaired) electrons. The van der Waals surface area contributed by atoms with Crippen molar-refractivity contribution in [2.45, 2.75) is 38.8 Å². The number of carbonyl (C=O) groups is 1. The van der Waals surface area contributed by atoms with Gasteiger partial charge < -0.3 is 19.2 Å². The van der Waals surface area contributed by atoms with E-state index in [1.807, 2.05) is 12.1 Å². The smallest absolute Gasteiger partial charge is 0.224 e. The van der Waals surface area contributed by atoms with E-state index in [9.17, 15) is 4.79 Å². The van der Waals surface area contributed by atoms with E-state index in [1.54, 1.807) is 32.4 Å². The topological polar surface area (TPSA) is 63.9 Å². The van der Waals surface area contributed by atoms with E-state index >= 15 is 0 Å². The minimum absolute atomic E-state index is 0.0158. The fourth-order valence-electron chi connectivity index (χ4n) is 3.80. The van der Waals surface area contributed by atoms with E-state index in [0.717, 1.165) is 50.4 Å². The molecule has 6 nitrogen and oxygen atoms in total. The van der Waals surface area contributed by atoms with Crippen molar-refractivity contribution in [1.82, 2.24) is 4.90 Å². The van der Waals surface area contributed by atoms with Crippen molar-refractivity contribution in [2.24, 2.45) is 5.92 Å². The van der Waals surface area contributed by atoms with Crippen molar-refractivity contribution in [1.29, 1.82) is 0 Å². The maximum atomic E-state index is 12.4. The monoisotopic (exact) mass is 420 g/mol. The number of furan rings is 1. The summed E-state index contributed by atoms with van der Waals surface area (Å²) in [5.41, 5.74) is 0.611. The lowest BCUT2D eigenvalue weighted by molar-refractivity contribution is -0.116. The van der Waals surface area contributed by atoms with Crippen LogP contribution in [0.2, 0.25) is 5.02 Å². The van der Waals surface area contributed by atoms with Gasteiger partial charge in [0.2, 0.25) is 5.91 Å². The molecule has 1 amide bonds. The molecule has 1 aliphatic rings. The first-order valence-corrected chi connectivity index (χ1v) is 10.4. The molecule has 0 bridgehead atoms. The molecule has 1 saturated heterocycles. The number of hydrogen-bond acceptors (Lipinski definition) is 5. The lowest BCUT2D eigenvalue weighted by Gasteiger charge is -2.32. The fraction of sp³-hybridized carbons (Fsp3) is 0.500. The van der Waals surface area contributed by atoms with Gasteiger partial charge in [-0.1, -0.05) is 11.6 Å². The van der Waals surface area contributed by atoms with Gasteiger partial charge in [-0.25, -0.2) is 0 Å². The summed E-state index contributed by atoms with van der Waals surface area (Å²) >= 11 is 6.03. The Bertz CT molecular complexity index is 808. The number of halogens is 1. The molecule has 0 aliphatic carbocycles. The summed E-state index contributed by atoms with van der Waals surface area (Å²) in [6.07, 6.45) is 3.63. The van der Waals surface area contributed by atoms with Crippen molar-refractivity contribution in [3.8, 4) is 5.75 Å². The van der Waals surface area contributed by atoms with Gasteiger partial charge in [0.1, 0.15) is 23.9 Å². The van der Waals surface area contributed by atoms with Crippen LogP contribution in [0.1, 0.15) is 37.2 Å². The van der Waals surface area contributed by atoms with E-state index in [0.29, 0.717) is 35.4 Å². The Balaban J connectivity index is 1.46. The fourth-order valence-corrected chi connectivity index (χ4v) is 3.98. The third-order valence-electron chi connectivity index (χ3n) is 5.20. The van der Waals surface area contributed by atoms with Crippen LogP contribution in [0, 0.1) is 5.92 Å². The third-order valence-corrected chi connectivity index (χ3v) is 5.44. The van der Waals surface area contributed by atoms with Crippen molar-refractivity contribution >= 4 is 23.2 Å². The molecule has 2 heterocycles. The van der Waals surface area contributed by atoms with Crippen LogP contribution < -0.4 is 10.1 Å². The molecule has 1 N–H and O–H groups in total. The Kier molecular flexibility index (Phi) is 7.98. The minimum atomic E-state index is -0.0158. The number of anilines is 1. The largest absolute Gasteiger partial charge is 0.495 e. The number of amides is 1. The number of hydrogen-bond donors (Lipinski definition) is 1. The minimum Gasteiger partial charge on any atom is -0.495 e. The average molecular weight is 421 g/mol. The summed E-state index contributed by atoms with van der Waals surface area (Å²) in [6, 6.07) is 9.19. The first-order valence-electron chi connectivity index (χ1n) is 9.99. The number of ether oxygens (including phenoxy) is 2. The summed E-state index contributed by atoms with van der Waals surface area (Å²) in [7, 11) is 3.24. The van der Waals surface area contributed by atoms with E-state index in [4.69, 9.17) is 25.5 Å². The predicted molar refractivity (Wildman–Crippen MR) is 113 cm³/mol. The second kappa shape index (κ2) is 10.7. The summed E-state index contributed by atoms with van der Waals surface area (Å²) in [6.45, 7) is 3.33. The Morgan fingerprint density at radius 1 is 1.28 bits per heavy atom. The Morgan fingerprint density at radius 2 is 2.10 bits per heavy atom. The van der Waals surface area contributed by atoms with Gasteiger partial charge in [-0.05, 0) is 62.1 Å². The number of piperidine rings is 1. The van der Waals surface area contributed by atoms with Crippen LogP contribution in [0.3, 0.4) is 0 Å². The number of likely N-dealkylation sites (tertiary alicyclic amines) is 1. The van der Waals surface area contributed by atoms with Gasteiger partial charge in [-0.2, -0.15) is 0 Å². The number of nitrogens with one attached hydrogen (secondary N) is 1. The van der Waals surface area contributed by atoms with Crippen LogP contribution in [0.25, 0.3) is 0 Å². The normalized spacial score (nSPS) is 17.3. The first kappa shape index (κ1) is 21.7. The zero-order valence-electron chi connectivity index (χ0n) is 17.1. The summed E-state index contributed by atoms with van der Waals surface area (Å²) in [4.78, 5) is 14.8. The van der Waals surface area contributed by atoms with Gasteiger partial charge in [-0.15, -0.1) is 0 Å². The number of nitrogens with zero attached hydrogens (tertiary/aromatic N) is 1. The highest BCUT2D eigenvalue weighted by Gasteiger charge is 2.22. The van der Waals surface area contributed by atoms with Crippen LogP contribution in [0.15, 0.2) is 34.7 Å². The van der Waals surface area contributed by atoms with Gasteiger partial charge in [0.25, 0.3) is 0 Å². The van der Waals surface area contributed by atoms with E-state index < -0.39 is 0 Å². The molecule has 1 aromatic carbocycles. The van der Waals surface area contributed by atoms with Crippen LogP contribution in [-0.4, -0.2) is 38.1 Å². The number of methoxy groups -OCH3 is 2. The molecule has 0 spiro atoms. The maximum absolute atomic E-state index is 12.4. The Morgan fingerprint density at radius 3 is 2.90 bits per heavy atom. The number of benzene rings is 1. The zero-order valence-corrected chi connectivity index (χ0v) is 17.8. The summed E-state index contributed by atoms with van der Waals surface area (Å²) in [5.74, 6) is 2.91. The molecular weight excluding hydrogens is 392 g/mol. The van der Waals surface area contributed by atoms with Crippen LogP contribution in [0.5, 0.6) is 5.75 Å². The highest BCUT2D eigenvalue weighted by atomic mass is 35.5. The number of carbonyl (C=O) groups excluding carboxylic acids is 1. The van der Waals surface area contributed by atoms with Crippen LogP contribution in [-0.2, 0) is 22.7 Å². The average Bonchev–Trinajstić information content (AvgIpc) is 3.14. The highest BCUT2D eigenvalue weighted by molar-refractivity contribution is 6.31. The molecule has 2 aromatic rings.